The maximum atomic E-state index is 5.41. The van der Waals surface area contributed by atoms with Gasteiger partial charge in [-0.2, -0.15) is 5.06 Å². The summed E-state index contributed by atoms with van der Waals surface area (Å²) in [6.07, 6.45) is 0.919. The van der Waals surface area contributed by atoms with Crippen molar-refractivity contribution in [2.24, 2.45) is 0 Å². The van der Waals surface area contributed by atoms with E-state index in [2.05, 4.69) is 10.2 Å². The summed E-state index contributed by atoms with van der Waals surface area (Å²) in [6.45, 7) is 2.99. The fourth-order valence-corrected chi connectivity index (χ4v) is 1.60. The minimum Gasteiger partial charge on any atom is -0.385 e. The smallest absolute Gasteiger partial charge is 0.114 e. The van der Waals surface area contributed by atoms with Gasteiger partial charge in [0.05, 0.1) is 27.1 Å². The molecule has 6 nitrogen and oxygen atoms in total. The van der Waals surface area contributed by atoms with Gasteiger partial charge >= 0.3 is 0 Å². The molecule has 1 heterocycles. The number of ether oxygens (including phenoxy) is 2. The molecule has 1 N–H and O–H groups in total. The highest BCUT2D eigenvalue weighted by atomic mass is 16.7. The number of rotatable bonds is 6. The Morgan fingerprint density at radius 1 is 1.27 bits per heavy atom. The first-order valence-corrected chi connectivity index (χ1v) is 5.07. The van der Waals surface area contributed by atoms with Gasteiger partial charge in [0, 0.05) is 27.2 Å². The SMILES string of the molecule is COCCC(OC)N1CNCN(OC)C1. The maximum absolute atomic E-state index is 5.41. The second-order valence-electron chi connectivity index (χ2n) is 3.43. The van der Waals surface area contributed by atoms with Gasteiger partial charge < -0.3 is 9.47 Å². The predicted molar refractivity (Wildman–Crippen MR) is 55.7 cm³/mol. The molecule has 0 aromatic heterocycles. The van der Waals surface area contributed by atoms with E-state index in [1.165, 1.54) is 0 Å². The molecule has 0 aromatic rings. The average Bonchev–Trinajstić information content (AvgIpc) is 2.30. The molecular weight excluding hydrogens is 198 g/mol. The highest BCUT2D eigenvalue weighted by molar-refractivity contribution is 4.65. The van der Waals surface area contributed by atoms with E-state index in [9.17, 15) is 0 Å². The van der Waals surface area contributed by atoms with E-state index < -0.39 is 0 Å². The van der Waals surface area contributed by atoms with Crippen LogP contribution in [-0.2, 0) is 14.3 Å². The molecular formula is C9H21N3O3. The van der Waals surface area contributed by atoms with Crippen molar-refractivity contribution in [1.29, 1.82) is 0 Å². The second-order valence-corrected chi connectivity index (χ2v) is 3.43. The van der Waals surface area contributed by atoms with Crippen LogP contribution < -0.4 is 5.32 Å². The third-order valence-electron chi connectivity index (χ3n) is 2.45. The van der Waals surface area contributed by atoms with Crippen molar-refractivity contribution in [3.8, 4) is 0 Å². The first kappa shape index (κ1) is 12.8. The zero-order chi connectivity index (χ0) is 11.1. The molecule has 0 aliphatic carbocycles. The standard InChI is InChI=1S/C9H21N3O3/c1-13-5-4-9(14-2)11-6-10-7-12(8-11)15-3/h9-10H,4-8H2,1-3H3. The van der Waals surface area contributed by atoms with Crippen LogP contribution in [0.4, 0.5) is 0 Å². The van der Waals surface area contributed by atoms with Crippen molar-refractivity contribution < 1.29 is 14.3 Å². The van der Waals surface area contributed by atoms with Crippen LogP contribution >= 0.6 is 0 Å². The van der Waals surface area contributed by atoms with Crippen molar-refractivity contribution >= 4 is 0 Å². The average molecular weight is 219 g/mol. The quantitative estimate of drug-likeness (QED) is 0.658. The van der Waals surface area contributed by atoms with Gasteiger partial charge in [0.15, 0.2) is 0 Å². The van der Waals surface area contributed by atoms with E-state index in [0.29, 0.717) is 6.61 Å². The monoisotopic (exact) mass is 219 g/mol. The maximum Gasteiger partial charge on any atom is 0.114 e. The highest BCUT2D eigenvalue weighted by Gasteiger charge is 2.23. The van der Waals surface area contributed by atoms with Crippen LogP contribution in [0.5, 0.6) is 0 Å². The summed E-state index contributed by atoms with van der Waals surface area (Å²) in [5, 5.41) is 5.07. The molecule has 0 amide bonds. The Hall–Kier alpha value is -0.240. The third kappa shape index (κ3) is 4.02. The van der Waals surface area contributed by atoms with Crippen LogP contribution in [0.15, 0.2) is 0 Å². The summed E-state index contributed by atoms with van der Waals surface area (Å²) in [6, 6.07) is 0. The molecule has 15 heavy (non-hydrogen) atoms. The summed E-state index contributed by atoms with van der Waals surface area (Å²) in [4.78, 5) is 7.32. The van der Waals surface area contributed by atoms with Crippen LogP contribution in [0, 0.1) is 0 Å². The number of hydrogen-bond donors (Lipinski definition) is 1. The number of methoxy groups -OCH3 is 2. The number of nitrogens with one attached hydrogen (secondary N) is 1. The van der Waals surface area contributed by atoms with Crippen LogP contribution in [0.25, 0.3) is 0 Å². The van der Waals surface area contributed by atoms with Crippen LogP contribution in [0.1, 0.15) is 6.42 Å². The summed E-state index contributed by atoms with van der Waals surface area (Å²) < 4.78 is 10.5. The Morgan fingerprint density at radius 2 is 2.07 bits per heavy atom. The van der Waals surface area contributed by atoms with Gasteiger partial charge in [-0.05, 0) is 0 Å². The van der Waals surface area contributed by atoms with Gasteiger partial charge in [-0.3, -0.25) is 10.2 Å². The van der Waals surface area contributed by atoms with Crippen LogP contribution in [0.3, 0.4) is 0 Å². The molecule has 6 heteroatoms. The van der Waals surface area contributed by atoms with Gasteiger partial charge in [-0.1, -0.05) is 0 Å². The normalized spacial score (nSPS) is 21.8. The van der Waals surface area contributed by atoms with Gasteiger partial charge in [0.25, 0.3) is 0 Å². The van der Waals surface area contributed by atoms with Crippen molar-refractivity contribution in [1.82, 2.24) is 15.3 Å². The Labute approximate surface area is 91.0 Å². The molecule has 0 aromatic carbocycles. The molecule has 0 radical (unpaired) electrons. The Balaban J connectivity index is 2.37. The lowest BCUT2D eigenvalue weighted by molar-refractivity contribution is -0.210. The topological polar surface area (TPSA) is 46.2 Å². The van der Waals surface area contributed by atoms with Crippen molar-refractivity contribution in [2.45, 2.75) is 12.6 Å². The minimum atomic E-state index is 0.0652. The van der Waals surface area contributed by atoms with E-state index in [-0.39, 0.29) is 6.23 Å². The Kier molecular flexibility index (Phi) is 6.07. The Bertz CT molecular complexity index is 171. The first-order valence-electron chi connectivity index (χ1n) is 5.07. The molecule has 1 saturated heterocycles. The van der Waals surface area contributed by atoms with Crippen molar-refractivity contribution in [2.75, 3.05) is 47.9 Å². The van der Waals surface area contributed by atoms with E-state index in [4.69, 9.17) is 14.3 Å². The van der Waals surface area contributed by atoms with Gasteiger partial charge in [-0.25, -0.2) is 4.90 Å². The fourth-order valence-electron chi connectivity index (χ4n) is 1.60. The molecule has 1 atom stereocenters. The lowest BCUT2D eigenvalue weighted by Gasteiger charge is -2.38. The summed E-state index contributed by atoms with van der Waals surface area (Å²) >= 11 is 0. The largest absolute Gasteiger partial charge is 0.385 e. The fraction of sp³-hybridized carbons (Fsp3) is 1.00. The molecule has 0 bridgehead atoms. The number of nitrogens with zero attached hydrogens (tertiary/aromatic N) is 2. The number of hydroxylamine groups is 2. The van der Waals surface area contributed by atoms with E-state index in [1.807, 2.05) is 5.06 Å². The lowest BCUT2D eigenvalue weighted by Crippen LogP contribution is -2.56. The molecule has 1 aliphatic heterocycles. The molecule has 1 unspecified atom stereocenters. The summed E-state index contributed by atoms with van der Waals surface area (Å²) in [5.41, 5.74) is 0. The van der Waals surface area contributed by atoms with Crippen molar-refractivity contribution in [3.05, 3.63) is 0 Å². The minimum absolute atomic E-state index is 0.0652. The zero-order valence-corrected chi connectivity index (χ0v) is 9.73. The summed E-state index contributed by atoms with van der Waals surface area (Å²) in [5.74, 6) is 0. The second kappa shape index (κ2) is 7.10. The van der Waals surface area contributed by atoms with Crippen molar-refractivity contribution in [3.63, 3.8) is 0 Å². The molecule has 1 fully saturated rings. The molecule has 0 spiro atoms. The molecule has 1 rings (SSSR count). The van der Waals surface area contributed by atoms with Gasteiger partial charge in [0.2, 0.25) is 0 Å². The highest BCUT2D eigenvalue weighted by Crippen LogP contribution is 2.08. The molecule has 90 valence electrons. The first-order chi connectivity index (χ1) is 7.31. The number of hydrogen-bond acceptors (Lipinski definition) is 6. The third-order valence-corrected chi connectivity index (χ3v) is 2.45. The van der Waals surface area contributed by atoms with Crippen LogP contribution in [-0.4, -0.2) is 64.1 Å². The molecule has 0 saturated carbocycles. The predicted octanol–water partition coefficient (Wildman–Crippen LogP) is -0.363. The van der Waals surface area contributed by atoms with E-state index in [0.717, 1.165) is 26.4 Å². The van der Waals surface area contributed by atoms with E-state index in [1.54, 1.807) is 21.3 Å². The van der Waals surface area contributed by atoms with Crippen LogP contribution in [0.2, 0.25) is 0 Å². The van der Waals surface area contributed by atoms with Gasteiger partial charge in [-0.15, -0.1) is 0 Å². The summed E-state index contributed by atoms with van der Waals surface area (Å²) in [7, 11) is 5.08. The zero-order valence-electron chi connectivity index (χ0n) is 9.73. The van der Waals surface area contributed by atoms with E-state index >= 15 is 0 Å². The van der Waals surface area contributed by atoms with Gasteiger partial charge in [0.1, 0.15) is 6.23 Å². The Morgan fingerprint density at radius 3 is 2.67 bits per heavy atom. The lowest BCUT2D eigenvalue weighted by atomic mass is 10.3. The molecule has 1 aliphatic rings.